The molecule has 0 aromatic carbocycles. The zero-order chi connectivity index (χ0) is 12.2. The van der Waals surface area contributed by atoms with Crippen LogP contribution in [0.25, 0.3) is 0 Å². The molecule has 0 saturated carbocycles. The lowest BCUT2D eigenvalue weighted by molar-refractivity contribution is -0.145. The standard InChI is InChI=1S/C14H22O2/c1-4-7-8-9-10-12-14(15)16-13(6-3)11-5-2/h9-10,13H,4,6-8,12H2,1-3H3/b10-9+. The van der Waals surface area contributed by atoms with Crippen LogP contribution in [-0.4, -0.2) is 12.1 Å². The molecular weight excluding hydrogens is 200 g/mol. The van der Waals surface area contributed by atoms with Crippen LogP contribution in [0.5, 0.6) is 0 Å². The number of carbonyl (C=O) groups excluding carboxylic acids is 1. The highest BCUT2D eigenvalue weighted by atomic mass is 16.5. The first-order chi connectivity index (χ1) is 7.74. The van der Waals surface area contributed by atoms with Crippen molar-refractivity contribution in [3.63, 3.8) is 0 Å². The molecule has 0 radical (unpaired) electrons. The molecule has 0 aliphatic rings. The largest absolute Gasteiger partial charge is 0.449 e. The molecule has 0 bridgehead atoms. The first-order valence-corrected chi connectivity index (χ1v) is 6.01. The van der Waals surface area contributed by atoms with E-state index in [1.165, 1.54) is 12.8 Å². The molecule has 0 saturated heterocycles. The van der Waals surface area contributed by atoms with Crippen molar-refractivity contribution in [1.29, 1.82) is 0 Å². The molecule has 1 unspecified atom stereocenters. The second kappa shape index (κ2) is 10.3. The Hall–Kier alpha value is -1.23. The normalized spacial score (nSPS) is 11.9. The summed E-state index contributed by atoms with van der Waals surface area (Å²) in [7, 11) is 0. The number of rotatable bonds is 7. The predicted octanol–water partition coefficient (Wildman–Crippen LogP) is 3.47. The fourth-order valence-electron chi connectivity index (χ4n) is 1.20. The molecule has 1 atom stereocenters. The van der Waals surface area contributed by atoms with Crippen LogP contribution in [0.2, 0.25) is 0 Å². The lowest BCUT2D eigenvalue weighted by Gasteiger charge is -2.08. The van der Waals surface area contributed by atoms with E-state index in [-0.39, 0.29) is 12.1 Å². The molecule has 0 amide bonds. The Kier molecular flexibility index (Phi) is 9.50. The third kappa shape index (κ3) is 8.11. The molecule has 0 aromatic heterocycles. The third-order valence-corrected chi connectivity index (χ3v) is 2.13. The van der Waals surface area contributed by atoms with E-state index in [9.17, 15) is 4.79 Å². The third-order valence-electron chi connectivity index (χ3n) is 2.13. The summed E-state index contributed by atoms with van der Waals surface area (Å²) in [6, 6.07) is 0. The van der Waals surface area contributed by atoms with Crippen molar-refractivity contribution in [2.75, 3.05) is 0 Å². The highest BCUT2D eigenvalue weighted by Gasteiger charge is 2.07. The van der Waals surface area contributed by atoms with Crippen LogP contribution in [0, 0.1) is 11.8 Å². The number of allylic oxidation sites excluding steroid dienone is 1. The Labute approximate surface area is 99.1 Å². The molecule has 2 nitrogen and oxygen atoms in total. The van der Waals surface area contributed by atoms with Gasteiger partial charge in [-0.3, -0.25) is 4.79 Å². The molecule has 0 fully saturated rings. The second-order valence-electron chi connectivity index (χ2n) is 3.60. The van der Waals surface area contributed by atoms with E-state index in [1.54, 1.807) is 6.92 Å². The summed E-state index contributed by atoms with van der Waals surface area (Å²) in [5, 5.41) is 0. The van der Waals surface area contributed by atoms with Gasteiger partial charge in [0.05, 0.1) is 6.42 Å². The van der Waals surface area contributed by atoms with Crippen molar-refractivity contribution in [2.24, 2.45) is 0 Å². The molecule has 0 aromatic rings. The minimum Gasteiger partial charge on any atom is -0.449 e. The minimum atomic E-state index is -0.249. The van der Waals surface area contributed by atoms with Crippen LogP contribution in [0.3, 0.4) is 0 Å². The molecular formula is C14H22O2. The molecule has 16 heavy (non-hydrogen) atoms. The molecule has 90 valence electrons. The van der Waals surface area contributed by atoms with Crippen molar-refractivity contribution in [1.82, 2.24) is 0 Å². The van der Waals surface area contributed by atoms with Gasteiger partial charge in [-0.05, 0) is 19.8 Å². The highest BCUT2D eigenvalue weighted by Crippen LogP contribution is 2.01. The Morgan fingerprint density at radius 3 is 2.69 bits per heavy atom. The van der Waals surface area contributed by atoms with E-state index in [0.29, 0.717) is 6.42 Å². The summed E-state index contributed by atoms with van der Waals surface area (Å²) in [4.78, 5) is 11.4. The van der Waals surface area contributed by atoms with Crippen LogP contribution in [0.15, 0.2) is 12.2 Å². The summed E-state index contributed by atoms with van der Waals surface area (Å²) >= 11 is 0. The Morgan fingerprint density at radius 1 is 1.38 bits per heavy atom. The number of esters is 1. The smallest absolute Gasteiger partial charge is 0.310 e. The van der Waals surface area contributed by atoms with Gasteiger partial charge >= 0.3 is 5.97 Å². The van der Waals surface area contributed by atoms with Crippen LogP contribution < -0.4 is 0 Å². The fraction of sp³-hybridized carbons (Fsp3) is 0.643. The van der Waals surface area contributed by atoms with Gasteiger partial charge in [0, 0.05) is 0 Å². The van der Waals surface area contributed by atoms with Crippen LogP contribution >= 0.6 is 0 Å². The average molecular weight is 222 g/mol. The average Bonchev–Trinajstić information content (AvgIpc) is 2.28. The Balaban J connectivity index is 3.79. The van der Waals surface area contributed by atoms with Crippen molar-refractivity contribution < 1.29 is 9.53 Å². The van der Waals surface area contributed by atoms with E-state index < -0.39 is 0 Å². The molecule has 0 N–H and O–H groups in total. The summed E-state index contributed by atoms with van der Waals surface area (Å²) in [5.74, 6) is 5.43. The first-order valence-electron chi connectivity index (χ1n) is 6.01. The van der Waals surface area contributed by atoms with Gasteiger partial charge in [-0.25, -0.2) is 0 Å². The summed E-state index contributed by atoms with van der Waals surface area (Å²) in [6.45, 7) is 5.86. The number of hydrogen-bond donors (Lipinski definition) is 0. The van der Waals surface area contributed by atoms with E-state index in [0.717, 1.165) is 12.8 Å². The maximum atomic E-state index is 11.4. The molecule has 0 aliphatic heterocycles. The lowest BCUT2D eigenvalue weighted by Crippen LogP contribution is -2.14. The van der Waals surface area contributed by atoms with E-state index in [4.69, 9.17) is 4.74 Å². The second-order valence-corrected chi connectivity index (χ2v) is 3.60. The van der Waals surface area contributed by atoms with Gasteiger partial charge in [-0.1, -0.05) is 44.8 Å². The monoisotopic (exact) mass is 222 g/mol. The summed E-state index contributed by atoms with van der Waals surface area (Å²) in [6.07, 6.45) is 8.15. The molecule has 2 heteroatoms. The fourth-order valence-corrected chi connectivity index (χ4v) is 1.20. The molecule has 0 aliphatic carbocycles. The minimum absolute atomic E-state index is 0.192. The zero-order valence-corrected chi connectivity index (χ0v) is 10.6. The van der Waals surface area contributed by atoms with Gasteiger partial charge < -0.3 is 4.74 Å². The van der Waals surface area contributed by atoms with Crippen LogP contribution in [0.1, 0.15) is 52.9 Å². The van der Waals surface area contributed by atoms with Crippen molar-refractivity contribution >= 4 is 5.97 Å². The zero-order valence-electron chi connectivity index (χ0n) is 10.6. The topological polar surface area (TPSA) is 26.3 Å². The van der Waals surface area contributed by atoms with Crippen LogP contribution in [0.4, 0.5) is 0 Å². The van der Waals surface area contributed by atoms with Crippen LogP contribution in [-0.2, 0) is 9.53 Å². The lowest BCUT2D eigenvalue weighted by atomic mass is 10.2. The van der Waals surface area contributed by atoms with E-state index >= 15 is 0 Å². The van der Waals surface area contributed by atoms with Crippen molar-refractivity contribution in [3.8, 4) is 11.8 Å². The predicted molar refractivity (Wildman–Crippen MR) is 66.9 cm³/mol. The first kappa shape index (κ1) is 14.8. The Morgan fingerprint density at radius 2 is 2.12 bits per heavy atom. The number of ether oxygens (including phenoxy) is 1. The maximum absolute atomic E-state index is 11.4. The SMILES string of the molecule is CC#CC(CC)OC(=O)C/C=C/CCCC. The highest BCUT2D eigenvalue weighted by molar-refractivity contribution is 5.71. The van der Waals surface area contributed by atoms with Gasteiger partial charge in [-0.15, -0.1) is 5.92 Å². The number of hydrogen-bond acceptors (Lipinski definition) is 2. The van der Waals surface area contributed by atoms with Gasteiger partial charge in [0.2, 0.25) is 0 Å². The van der Waals surface area contributed by atoms with Gasteiger partial charge in [0.1, 0.15) is 0 Å². The van der Waals surface area contributed by atoms with Crippen molar-refractivity contribution in [3.05, 3.63) is 12.2 Å². The quantitative estimate of drug-likeness (QED) is 0.285. The molecule has 0 rings (SSSR count). The molecule has 0 spiro atoms. The van der Waals surface area contributed by atoms with E-state index in [1.807, 2.05) is 19.1 Å². The van der Waals surface area contributed by atoms with Crippen molar-refractivity contribution in [2.45, 2.75) is 59.0 Å². The molecule has 0 heterocycles. The summed E-state index contributed by atoms with van der Waals surface area (Å²) in [5.41, 5.74) is 0. The van der Waals surface area contributed by atoms with E-state index in [2.05, 4.69) is 18.8 Å². The Bertz CT molecular complexity index is 268. The number of carbonyl (C=O) groups is 1. The van der Waals surface area contributed by atoms with Gasteiger partial charge in [0.25, 0.3) is 0 Å². The summed E-state index contributed by atoms with van der Waals surface area (Å²) < 4.78 is 5.18. The number of unbranched alkanes of at least 4 members (excludes halogenated alkanes) is 2. The van der Waals surface area contributed by atoms with Gasteiger partial charge in [0.15, 0.2) is 6.10 Å². The van der Waals surface area contributed by atoms with Gasteiger partial charge in [-0.2, -0.15) is 0 Å². The maximum Gasteiger partial charge on any atom is 0.310 e.